The van der Waals surface area contributed by atoms with E-state index in [1.165, 1.54) is 7.11 Å². The molecule has 2 aromatic carbocycles. The van der Waals surface area contributed by atoms with Gasteiger partial charge < -0.3 is 19.1 Å². The summed E-state index contributed by atoms with van der Waals surface area (Å²) in [6.45, 7) is 0.364. The van der Waals surface area contributed by atoms with Crippen LogP contribution in [0.2, 0.25) is 0 Å². The summed E-state index contributed by atoms with van der Waals surface area (Å²) < 4.78 is 15.4. The van der Waals surface area contributed by atoms with Crippen LogP contribution in [0.3, 0.4) is 0 Å². The van der Waals surface area contributed by atoms with E-state index >= 15 is 0 Å². The first-order valence-electron chi connectivity index (χ1n) is 8.45. The molecule has 0 unspecified atom stereocenters. The molecule has 0 saturated carbocycles. The molecule has 27 heavy (non-hydrogen) atoms. The molecule has 2 aromatic rings. The van der Waals surface area contributed by atoms with E-state index in [1.54, 1.807) is 43.5 Å². The minimum Gasteiger partial charge on any atom is -0.493 e. The Kier molecular flexibility index (Phi) is 5.45. The molecule has 0 atom stereocenters. The third-order valence-corrected chi connectivity index (χ3v) is 4.44. The van der Waals surface area contributed by atoms with Gasteiger partial charge >= 0.3 is 5.97 Å². The van der Waals surface area contributed by atoms with Gasteiger partial charge in [-0.2, -0.15) is 0 Å². The number of methoxy groups -OCH3 is 3. The summed E-state index contributed by atoms with van der Waals surface area (Å²) in [7, 11) is 4.49. The number of carbonyl (C=O) groups excluding carboxylic acids is 2. The number of carbonyl (C=O) groups is 2. The highest BCUT2D eigenvalue weighted by Gasteiger charge is 2.20. The van der Waals surface area contributed by atoms with E-state index in [1.807, 2.05) is 24.3 Å². The van der Waals surface area contributed by atoms with Gasteiger partial charge in [-0.25, -0.2) is 4.79 Å². The molecular weight excluding hydrogens is 346 g/mol. The number of esters is 1. The van der Waals surface area contributed by atoms with Crippen LogP contribution in [0.4, 0.5) is 0 Å². The van der Waals surface area contributed by atoms with Crippen molar-refractivity contribution in [3.63, 3.8) is 0 Å². The Morgan fingerprint density at radius 3 is 2.52 bits per heavy atom. The maximum atomic E-state index is 12.7. The SMILES string of the molecule is COC(=O)c1cccc(CN2C=Cc3cc(OC)c(OC)cc3CC2=O)c1. The Morgan fingerprint density at radius 2 is 1.81 bits per heavy atom. The Balaban J connectivity index is 1.85. The van der Waals surface area contributed by atoms with E-state index in [0.29, 0.717) is 23.6 Å². The van der Waals surface area contributed by atoms with E-state index < -0.39 is 5.97 Å². The monoisotopic (exact) mass is 367 g/mol. The highest BCUT2D eigenvalue weighted by Crippen LogP contribution is 2.33. The van der Waals surface area contributed by atoms with Crippen LogP contribution in [0.5, 0.6) is 11.5 Å². The maximum Gasteiger partial charge on any atom is 0.337 e. The quantitative estimate of drug-likeness (QED) is 0.760. The van der Waals surface area contributed by atoms with Crippen molar-refractivity contribution in [3.8, 4) is 11.5 Å². The normalized spacial score (nSPS) is 13.0. The molecule has 1 amide bonds. The van der Waals surface area contributed by atoms with Gasteiger partial charge in [-0.1, -0.05) is 12.1 Å². The lowest BCUT2D eigenvalue weighted by Gasteiger charge is -2.17. The summed E-state index contributed by atoms with van der Waals surface area (Å²) in [6, 6.07) is 10.8. The second kappa shape index (κ2) is 7.95. The number of hydrogen-bond acceptors (Lipinski definition) is 5. The minimum atomic E-state index is -0.402. The number of hydrogen-bond donors (Lipinski definition) is 0. The molecule has 1 heterocycles. The predicted octanol–water partition coefficient (Wildman–Crippen LogP) is 3.05. The van der Waals surface area contributed by atoms with Crippen LogP contribution in [0, 0.1) is 0 Å². The predicted molar refractivity (Wildman–Crippen MR) is 101 cm³/mol. The Morgan fingerprint density at radius 1 is 1.07 bits per heavy atom. The minimum absolute atomic E-state index is 0.0410. The summed E-state index contributed by atoms with van der Waals surface area (Å²) in [4.78, 5) is 26.1. The van der Waals surface area contributed by atoms with Crippen molar-refractivity contribution in [3.05, 3.63) is 64.9 Å². The first-order valence-corrected chi connectivity index (χ1v) is 8.45. The molecule has 3 rings (SSSR count). The van der Waals surface area contributed by atoms with Crippen LogP contribution in [-0.2, 0) is 22.5 Å². The number of amides is 1. The van der Waals surface area contributed by atoms with E-state index in [9.17, 15) is 9.59 Å². The van der Waals surface area contributed by atoms with Gasteiger partial charge in [0.05, 0.1) is 39.9 Å². The van der Waals surface area contributed by atoms with Crippen molar-refractivity contribution >= 4 is 18.0 Å². The van der Waals surface area contributed by atoms with Gasteiger partial charge in [-0.3, -0.25) is 4.79 Å². The van der Waals surface area contributed by atoms with E-state index in [2.05, 4.69) is 0 Å². The smallest absolute Gasteiger partial charge is 0.337 e. The molecule has 0 aliphatic carbocycles. The van der Waals surface area contributed by atoms with Gasteiger partial charge in [-0.05, 0) is 47.0 Å². The van der Waals surface area contributed by atoms with Crippen molar-refractivity contribution in [2.24, 2.45) is 0 Å². The fourth-order valence-electron chi connectivity index (χ4n) is 3.02. The molecule has 0 aromatic heterocycles. The summed E-state index contributed by atoms with van der Waals surface area (Å²) in [5.41, 5.74) is 3.09. The molecule has 1 aliphatic heterocycles. The number of ether oxygens (including phenoxy) is 3. The zero-order valence-electron chi connectivity index (χ0n) is 15.5. The third kappa shape index (κ3) is 3.95. The van der Waals surface area contributed by atoms with E-state index in [4.69, 9.17) is 14.2 Å². The topological polar surface area (TPSA) is 65.1 Å². The standard InChI is InChI=1S/C21H21NO5/c1-25-18-10-15-7-8-22(20(23)12-17(15)11-19(18)26-2)13-14-5-4-6-16(9-14)21(24)27-3/h4-11H,12-13H2,1-3H3. The summed E-state index contributed by atoms with van der Waals surface area (Å²) in [5, 5.41) is 0. The van der Waals surface area contributed by atoms with Gasteiger partial charge in [0.15, 0.2) is 11.5 Å². The van der Waals surface area contributed by atoms with Gasteiger partial charge in [-0.15, -0.1) is 0 Å². The van der Waals surface area contributed by atoms with Crippen molar-refractivity contribution in [2.45, 2.75) is 13.0 Å². The lowest BCUT2D eigenvalue weighted by Crippen LogP contribution is -2.26. The fourth-order valence-corrected chi connectivity index (χ4v) is 3.02. The van der Waals surface area contributed by atoms with Gasteiger partial charge in [0.2, 0.25) is 5.91 Å². The van der Waals surface area contributed by atoms with Crippen molar-refractivity contribution in [1.82, 2.24) is 4.90 Å². The molecule has 6 heteroatoms. The van der Waals surface area contributed by atoms with Crippen molar-refractivity contribution in [1.29, 1.82) is 0 Å². The number of fused-ring (bicyclic) bond motifs is 1. The first kappa shape index (κ1) is 18.5. The van der Waals surface area contributed by atoms with Crippen LogP contribution in [0.25, 0.3) is 6.08 Å². The van der Waals surface area contributed by atoms with E-state index in [0.717, 1.165) is 16.7 Å². The molecule has 0 radical (unpaired) electrons. The number of nitrogens with zero attached hydrogens (tertiary/aromatic N) is 1. The second-order valence-corrected chi connectivity index (χ2v) is 6.11. The average Bonchev–Trinajstić information content (AvgIpc) is 2.84. The number of rotatable bonds is 5. The molecular formula is C21H21NO5. The van der Waals surface area contributed by atoms with Crippen LogP contribution >= 0.6 is 0 Å². The fraction of sp³-hybridized carbons (Fsp3) is 0.238. The second-order valence-electron chi connectivity index (χ2n) is 6.11. The Bertz CT molecular complexity index is 903. The zero-order chi connectivity index (χ0) is 19.4. The Hall–Kier alpha value is -3.28. The lowest BCUT2D eigenvalue weighted by molar-refractivity contribution is -0.128. The molecule has 0 fully saturated rings. The molecule has 0 spiro atoms. The first-order chi connectivity index (χ1) is 13.0. The molecule has 0 saturated heterocycles. The average molecular weight is 367 g/mol. The summed E-state index contributed by atoms with van der Waals surface area (Å²) in [6.07, 6.45) is 3.89. The van der Waals surface area contributed by atoms with Crippen molar-refractivity contribution in [2.75, 3.05) is 21.3 Å². The number of benzene rings is 2. The summed E-state index contributed by atoms with van der Waals surface area (Å²) >= 11 is 0. The molecule has 0 bridgehead atoms. The maximum absolute atomic E-state index is 12.7. The van der Waals surface area contributed by atoms with Crippen molar-refractivity contribution < 1.29 is 23.8 Å². The van der Waals surface area contributed by atoms with Crippen LogP contribution in [-0.4, -0.2) is 38.1 Å². The van der Waals surface area contributed by atoms with Crippen LogP contribution in [0.15, 0.2) is 42.6 Å². The van der Waals surface area contributed by atoms with E-state index in [-0.39, 0.29) is 12.3 Å². The molecule has 1 aliphatic rings. The molecule has 0 N–H and O–H groups in total. The van der Waals surface area contributed by atoms with Crippen LogP contribution < -0.4 is 9.47 Å². The van der Waals surface area contributed by atoms with Gasteiger partial charge in [0, 0.05) is 6.20 Å². The summed E-state index contributed by atoms with van der Waals surface area (Å²) in [5.74, 6) is 0.770. The highest BCUT2D eigenvalue weighted by molar-refractivity contribution is 5.89. The van der Waals surface area contributed by atoms with Gasteiger partial charge in [0.25, 0.3) is 0 Å². The van der Waals surface area contributed by atoms with Gasteiger partial charge in [0.1, 0.15) is 0 Å². The molecule has 6 nitrogen and oxygen atoms in total. The zero-order valence-corrected chi connectivity index (χ0v) is 15.5. The third-order valence-electron chi connectivity index (χ3n) is 4.44. The lowest BCUT2D eigenvalue weighted by atomic mass is 10.0. The largest absolute Gasteiger partial charge is 0.493 e. The highest BCUT2D eigenvalue weighted by atomic mass is 16.5. The molecule has 140 valence electrons. The van der Waals surface area contributed by atoms with Crippen LogP contribution in [0.1, 0.15) is 27.0 Å². The Labute approximate surface area is 158 Å².